The maximum absolute atomic E-state index is 12.0. The van der Waals surface area contributed by atoms with Crippen molar-refractivity contribution in [3.05, 3.63) is 22.4 Å². The number of carboxylic acid groups (broad SMARTS) is 1. The molecule has 0 aliphatic rings. The molecule has 6 heteroatoms. The minimum atomic E-state index is -1.43. The lowest BCUT2D eigenvalue weighted by molar-refractivity contribution is -0.149. The second kappa shape index (κ2) is 5.21. The maximum Gasteiger partial charge on any atom is 0.411 e. The maximum atomic E-state index is 12.0. The van der Waals surface area contributed by atoms with E-state index in [1.54, 1.807) is 38.3 Å². The summed E-state index contributed by atoms with van der Waals surface area (Å²) in [5, 5.41) is 11.3. The van der Waals surface area contributed by atoms with Gasteiger partial charge in [0.1, 0.15) is 5.60 Å². The third-order valence-electron chi connectivity index (χ3n) is 2.76. The molecule has 0 radical (unpaired) electrons. The minimum absolute atomic E-state index is 0.577. The van der Waals surface area contributed by atoms with Crippen molar-refractivity contribution in [2.45, 2.75) is 38.8 Å². The van der Waals surface area contributed by atoms with E-state index in [2.05, 4.69) is 0 Å². The van der Waals surface area contributed by atoms with E-state index < -0.39 is 23.2 Å². The number of nitrogens with zero attached hydrogens (tertiary/aromatic N) is 1. The first-order valence-corrected chi connectivity index (χ1v) is 6.71. The number of carbonyl (C=O) groups is 2. The Morgan fingerprint density at radius 2 is 1.89 bits per heavy atom. The van der Waals surface area contributed by atoms with Gasteiger partial charge in [-0.05, 0) is 39.1 Å². The van der Waals surface area contributed by atoms with Crippen molar-refractivity contribution in [1.82, 2.24) is 4.90 Å². The van der Waals surface area contributed by atoms with Crippen LogP contribution in [0.1, 0.15) is 32.6 Å². The van der Waals surface area contributed by atoms with Gasteiger partial charge in [0.05, 0.1) is 0 Å². The number of rotatable bonds is 3. The van der Waals surface area contributed by atoms with Crippen LogP contribution in [0.2, 0.25) is 0 Å². The fraction of sp³-hybridized carbons (Fsp3) is 0.538. The highest BCUT2D eigenvalue weighted by molar-refractivity contribution is 7.10. The monoisotopic (exact) mass is 285 g/mol. The summed E-state index contributed by atoms with van der Waals surface area (Å²) in [7, 11) is 1.43. The lowest BCUT2D eigenvalue weighted by atomic mass is 9.99. The normalized spacial score (nSPS) is 14.6. The summed E-state index contributed by atoms with van der Waals surface area (Å²) in [6.45, 7) is 6.71. The predicted molar refractivity (Wildman–Crippen MR) is 73.3 cm³/mol. The number of carbonyl (C=O) groups excluding carboxylic acids is 1. The molecule has 0 bridgehead atoms. The van der Waals surface area contributed by atoms with E-state index in [1.807, 2.05) is 0 Å². The Balaban J connectivity index is 3.08. The minimum Gasteiger partial charge on any atom is -0.479 e. The van der Waals surface area contributed by atoms with Crippen LogP contribution in [-0.2, 0) is 15.1 Å². The molecule has 0 fully saturated rings. The molecule has 1 heterocycles. The van der Waals surface area contributed by atoms with Crippen molar-refractivity contribution in [3.8, 4) is 0 Å². The zero-order chi connectivity index (χ0) is 14.8. The lowest BCUT2D eigenvalue weighted by Gasteiger charge is -2.35. The highest BCUT2D eigenvalue weighted by atomic mass is 32.1. The molecular weight excluding hydrogens is 266 g/mol. The highest BCUT2D eigenvalue weighted by Gasteiger charge is 2.44. The third kappa shape index (κ3) is 3.26. The fourth-order valence-electron chi connectivity index (χ4n) is 1.48. The molecule has 0 aromatic carbocycles. The molecule has 5 nitrogen and oxygen atoms in total. The van der Waals surface area contributed by atoms with Crippen LogP contribution in [0.3, 0.4) is 0 Å². The van der Waals surface area contributed by atoms with Gasteiger partial charge in [0.15, 0.2) is 5.54 Å². The third-order valence-corrected chi connectivity index (χ3v) is 3.84. The van der Waals surface area contributed by atoms with Gasteiger partial charge in [-0.15, -0.1) is 11.3 Å². The predicted octanol–water partition coefficient (Wildman–Crippen LogP) is 2.91. The SMILES string of the molecule is CN(C(=O)OC(C)(C)C)[C@@](C)(C(=O)O)c1cccs1. The van der Waals surface area contributed by atoms with Crippen LogP contribution in [0.5, 0.6) is 0 Å². The first-order chi connectivity index (χ1) is 8.59. The number of amides is 1. The summed E-state index contributed by atoms with van der Waals surface area (Å²) < 4.78 is 5.22. The Hall–Kier alpha value is -1.56. The molecular formula is C13H19NO4S. The van der Waals surface area contributed by atoms with E-state index in [1.165, 1.54) is 25.3 Å². The van der Waals surface area contributed by atoms with Crippen LogP contribution in [0, 0.1) is 0 Å². The number of likely N-dealkylation sites (N-methyl/N-ethyl adjacent to an activating group) is 1. The Bertz CT molecular complexity index is 463. The van der Waals surface area contributed by atoms with Crippen LogP contribution < -0.4 is 0 Å². The Labute approximate surface area is 116 Å². The zero-order valence-corrected chi connectivity index (χ0v) is 12.6. The van der Waals surface area contributed by atoms with Crippen molar-refractivity contribution in [2.24, 2.45) is 0 Å². The van der Waals surface area contributed by atoms with Crippen LogP contribution in [0.4, 0.5) is 4.79 Å². The van der Waals surface area contributed by atoms with E-state index >= 15 is 0 Å². The Morgan fingerprint density at radius 1 is 1.32 bits per heavy atom. The smallest absolute Gasteiger partial charge is 0.411 e. The van der Waals surface area contributed by atoms with E-state index in [-0.39, 0.29) is 0 Å². The first-order valence-electron chi connectivity index (χ1n) is 5.83. The van der Waals surface area contributed by atoms with E-state index in [0.29, 0.717) is 4.88 Å². The Kier molecular flexibility index (Phi) is 4.25. The average molecular weight is 285 g/mol. The van der Waals surface area contributed by atoms with Crippen molar-refractivity contribution in [2.75, 3.05) is 7.05 Å². The largest absolute Gasteiger partial charge is 0.479 e. The first kappa shape index (κ1) is 15.5. The molecule has 0 saturated carbocycles. The average Bonchev–Trinajstić information content (AvgIpc) is 2.77. The second-order valence-electron chi connectivity index (χ2n) is 5.39. The van der Waals surface area contributed by atoms with Gasteiger partial charge in [-0.25, -0.2) is 9.59 Å². The molecule has 0 unspecified atom stereocenters. The number of thiophene rings is 1. The van der Waals surface area contributed by atoms with E-state index in [4.69, 9.17) is 4.74 Å². The lowest BCUT2D eigenvalue weighted by Crippen LogP contribution is -2.51. The molecule has 1 aromatic rings. The van der Waals surface area contributed by atoms with Gasteiger partial charge in [-0.2, -0.15) is 0 Å². The molecule has 0 spiro atoms. The molecule has 0 aliphatic carbocycles. The highest BCUT2D eigenvalue weighted by Crippen LogP contribution is 2.32. The van der Waals surface area contributed by atoms with Crippen LogP contribution in [0.25, 0.3) is 0 Å². The molecule has 106 valence electrons. The molecule has 19 heavy (non-hydrogen) atoms. The van der Waals surface area contributed by atoms with Gasteiger partial charge < -0.3 is 9.84 Å². The Morgan fingerprint density at radius 3 is 2.26 bits per heavy atom. The number of ether oxygens (including phenoxy) is 1. The van der Waals surface area contributed by atoms with Gasteiger partial charge in [-0.1, -0.05) is 6.07 Å². The number of hydrogen-bond donors (Lipinski definition) is 1. The summed E-state index contributed by atoms with van der Waals surface area (Å²) in [5.41, 5.74) is -2.10. The second-order valence-corrected chi connectivity index (χ2v) is 6.34. The molecule has 0 saturated heterocycles. The molecule has 1 aromatic heterocycles. The standard InChI is InChI=1S/C13H19NO4S/c1-12(2,3)18-11(17)14(5)13(4,10(15)16)9-7-6-8-19-9/h6-8H,1-5H3,(H,15,16)/t13-/m1/s1. The van der Waals surface area contributed by atoms with E-state index in [9.17, 15) is 14.7 Å². The molecule has 1 rings (SSSR count). The van der Waals surface area contributed by atoms with Crippen molar-refractivity contribution in [3.63, 3.8) is 0 Å². The summed E-state index contributed by atoms with van der Waals surface area (Å²) in [5.74, 6) is -1.09. The quantitative estimate of drug-likeness (QED) is 0.927. The molecule has 1 N–H and O–H groups in total. The van der Waals surface area contributed by atoms with Crippen molar-refractivity contribution in [1.29, 1.82) is 0 Å². The molecule has 1 atom stereocenters. The number of carboxylic acids is 1. The van der Waals surface area contributed by atoms with Gasteiger partial charge >= 0.3 is 12.1 Å². The molecule has 0 aliphatic heterocycles. The summed E-state index contributed by atoms with van der Waals surface area (Å²) >= 11 is 1.29. The van der Waals surface area contributed by atoms with Gasteiger partial charge in [0, 0.05) is 11.9 Å². The summed E-state index contributed by atoms with van der Waals surface area (Å²) in [4.78, 5) is 25.3. The zero-order valence-electron chi connectivity index (χ0n) is 11.8. The van der Waals surface area contributed by atoms with E-state index in [0.717, 1.165) is 4.90 Å². The number of hydrogen-bond acceptors (Lipinski definition) is 4. The van der Waals surface area contributed by atoms with Gasteiger partial charge in [0.2, 0.25) is 0 Å². The van der Waals surface area contributed by atoms with Crippen LogP contribution >= 0.6 is 11.3 Å². The van der Waals surface area contributed by atoms with Crippen LogP contribution in [0.15, 0.2) is 17.5 Å². The van der Waals surface area contributed by atoms with Gasteiger partial charge in [-0.3, -0.25) is 4.90 Å². The number of aliphatic carboxylic acids is 1. The molecule has 1 amide bonds. The fourth-order valence-corrected chi connectivity index (χ4v) is 2.40. The summed E-state index contributed by atoms with van der Waals surface area (Å²) in [6, 6.07) is 3.45. The topological polar surface area (TPSA) is 66.8 Å². The summed E-state index contributed by atoms with van der Waals surface area (Å²) in [6.07, 6.45) is -0.661. The van der Waals surface area contributed by atoms with Crippen molar-refractivity contribution < 1.29 is 19.4 Å². The van der Waals surface area contributed by atoms with Crippen molar-refractivity contribution >= 4 is 23.4 Å². The van der Waals surface area contributed by atoms with Gasteiger partial charge in [0.25, 0.3) is 0 Å². The van der Waals surface area contributed by atoms with Crippen LogP contribution in [-0.4, -0.2) is 34.7 Å².